The molecule has 1 aliphatic heterocycles. The van der Waals surface area contributed by atoms with Crippen LogP contribution in [0.4, 0.5) is 5.69 Å². The summed E-state index contributed by atoms with van der Waals surface area (Å²) in [6.45, 7) is 0. The Morgan fingerprint density at radius 2 is 1.48 bits per heavy atom. The zero-order chi connectivity index (χ0) is 22.0. The number of benzene rings is 3. The van der Waals surface area contributed by atoms with Gasteiger partial charge >= 0.3 is 0 Å². The first-order valence-corrected chi connectivity index (χ1v) is 10.1. The highest BCUT2D eigenvalue weighted by atomic mass is 35.5. The minimum atomic E-state index is -0.720. The summed E-state index contributed by atoms with van der Waals surface area (Å²) >= 11 is 6.40. The Kier molecular flexibility index (Phi) is 5.91. The molecule has 4 rings (SSSR count). The maximum Gasteiger partial charge on any atom is 0.271 e. The number of para-hydroxylation sites is 1. The van der Waals surface area contributed by atoms with Crippen LogP contribution in [-0.2, 0) is 4.79 Å². The van der Waals surface area contributed by atoms with Crippen LogP contribution in [0.15, 0.2) is 66.7 Å². The lowest BCUT2D eigenvalue weighted by Crippen LogP contribution is -2.61. The van der Waals surface area contributed by atoms with Gasteiger partial charge in [-0.3, -0.25) is 9.69 Å². The molecule has 0 unspecified atom stereocenters. The molecule has 3 aromatic rings. The number of anilines is 1. The third-order valence-corrected chi connectivity index (χ3v) is 5.55. The second kappa shape index (κ2) is 8.78. The number of amides is 1. The summed E-state index contributed by atoms with van der Waals surface area (Å²) in [6, 6.07) is 19.5. The van der Waals surface area contributed by atoms with Gasteiger partial charge in [-0.15, -0.1) is 0 Å². The Morgan fingerprint density at radius 1 is 0.806 bits per heavy atom. The molecule has 6 nitrogen and oxygen atoms in total. The molecule has 1 fully saturated rings. The van der Waals surface area contributed by atoms with Crippen LogP contribution >= 0.6 is 11.6 Å². The lowest BCUT2D eigenvalue weighted by atomic mass is 9.89. The van der Waals surface area contributed by atoms with Gasteiger partial charge in [-0.05, 0) is 54.1 Å². The van der Waals surface area contributed by atoms with E-state index in [0.717, 1.165) is 5.56 Å². The van der Waals surface area contributed by atoms with Crippen LogP contribution in [0.2, 0.25) is 5.02 Å². The van der Waals surface area contributed by atoms with Crippen molar-refractivity contribution in [1.82, 2.24) is 0 Å². The highest BCUT2D eigenvalue weighted by Crippen LogP contribution is 2.45. The van der Waals surface area contributed by atoms with Crippen LogP contribution in [0.25, 0.3) is 0 Å². The zero-order valence-electron chi connectivity index (χ0n) is 17.4. The molecular weight excluding hydrogens is 418 g/mol. The van der Waals surface area contributed by atoms with Crippen LogP contribution in [0.5, 0.6) is 23.0 Å². The third-order valence-electron chi connectivity index (χ3n) is 5.23. The molecule has 1 saturated heterocycles. The summed E-state index contributed by atoms with van der Waals surface area (Å²) in [5, 5.41) is 0.490. The fourth-order valence-electron chi connectivity index (χ4n) is 3.65. The topological polar surface area (TPSA) is 57.2 Å². The Hall–Kier alpha value is -3.38. The molecule has 2 atom stereocenters. The molecule has 31 heavy (non-hydrogen) atoms. The summed E-state index contributed by atoms with van der Waals surface area (Å²) in [4.78, 5) is 14.8. The first-order chi connectivity index (χ1) is 15.1. The van der Waals surface area contributed by atoms with Gasteiger partial charge in [-0.2, -0.15) is 0 Å². The molecular formula is C24H22ClNO5. The third kappa shape index (κ3) is 3.86. The smallest absolute Gasteiger partial charge is 0.271 e. The molecule has 0 N–H and O–H groups in total. The molecule has 0 aromatic heterocycles. The van der Waals surface area contributed by atoms with Gasteiger partial charge in [-0.25, -0.2) is 0 Å². The number of hydrogen-bond donors (Lipinski definition) is 0. The summed E-state index contributed by atoms with van der Waals surface area (Å²) in [5.74, 6) is 2.28. The van der Waals surface area contributed by atoms with Crippen molar-refractivity contribution in [2.24, 2.45) is 0 Å². The van der Waals surface area contributed by atoms with Gasteiger partial charge in [0.15, 0.2) is 11.5 Å². The predicted octanol–water partition coefficient (Wildman–Crippen LogP) is 4.90. The van der Waals surface area contributed by atoms with E-state index in [0.29, 0.717) is 33.7 Å². The van der Waals surface area contributed by atoms with E-state index in [-0.39, 0.29) is 5.91 Å². The lowest BCUT2D eigenvalue weighted by molar-refractivity contribution is -0.135. The first-order valence-electron chi connectivity index (χ1n) is 9.67. The minimum absolute atomic E-state index is 0.177. The van der Waals surface area contributed by atoms with E-state index in [1.165, 1.54) is 0 Å². The molecule has 1 heterocycles. The van der Waals surface area contributed by atoms with Crippen molar-refractivity contribution in [2.45, 2.75) is 12.1 Å². The average molecular weight is 440 g/mol. The van der Waals surface area contributed by atoms with Crippen molar-refractivity contribution in [3.05, 3.63) is 77.3 Å². The highest BCUT2D eigenvalue weighted by Gasteiger charge is 2.51. The number of carbonyl (C=O) groups is 1. The van der Waals surface area contributed by atoms with Crippen molar-refractivity contribution in [3.8, 4) is 23.0 Å². The molecule has 3 aromatic carbocycles. The van der Waals surface area contributed by atoms with Crippen molar-refractivity contribution < 1.29 is 23.7 Å². The normalized spacial score (nSPS) is 17.7. The molecule has 1 amide bonds. The SMILES string of the molecule is COc1ccc(O[C@@H]2C(=O)N(c3ccccc3Cl)[C@H]2c2ccc(OC)c(OC)c2)cc1. The van der Waals surface area contributed by atoms with Gasteiger partial charge in [0.2, 0.25) is 6.10 Å². The number of methoxy groups -OCH3 is 3. The van der Waals surface area contributed by atoms with E-state index in [4.69, 9.17) is 30.5 Å². The van der Waals surface area contributed by atoms with Crippen LogP contribution in [-0.4, -0.2) is 33.3 Å². The molecule has 0 spiro atoms. The van der Waals surface area contributed by atoms with Gasteiger partial charge in [0.25, 0.3) is 5.91 Å². The maximum atomic E-state index is 13.2. The summed E-state index contributed by atoms with van der Waals surface area (Å²) in [6.07, 6.45) is -0.720. The highest BCUT2D eigenvalue weighted by molar-refractivity contribution is 6.34. The van der Waals surface area contributed by atoms with Gasteiger partial charge in [-0.1, -0.05) is 29.8 Å². The van der Waals surface area contributed by atoms with Crippen molar-refractivity contribution in [3.63, 3.8) is 0 Å². The maximum absolute atomic E-state index is 13.2. The van der Waals surface area contributed by atoms with Gasteiger partial charge in [0, 0.05) is 0 Å². The standard InChI is InChI=1S/C24H22ClNO5/c1-28-16-9-11-17(12-10-16)31-23-22(15-8-13-20(29-2)21(14-15)30-3)26(24(23)27)19-7-5-4-6-18(19)25/h4-14,22-23H,1-3H3/t22-,23-/m0/s1. The van der Waals surface area contributed by atoms with Gasteiger partial charge in [0.05, 0.1) is 32.0 Å². The quantitative estimate of drug-likeness (QED) is 0.490. The molecule has 0 bridgehead atoms. The predicted molar refractivity (Wildman–Crippen MR) is 119 cm³/mol. The monoisotopic (exact) mass is 439 g/mol. The largest absolute Gasteiger partial charge is 0.497 e. The number of carbonyl (C=O) groups excluding carboxylic acids is 1. The van der Waals surface area contributed by atoms with Crippen LogP contribution in [0.1, 0.15) is 11.6 Å². The van der Waals surface area contributed by atoms with E-state index in [9.17, 15) is 4.79 Å². The lowest BCUT2D eigenvalue weighted by Gasteiger charge is -2.47. The molecule has 0 saturated carbocycles. The Balaban J connectivity index is 1.72. The summed E-state index contributed by atoms with van der Waals surface area (Å²) in [5.41, 5.74) is 1.47. The van der Waals surface area contributed by atoms with Crippen LogP contribution < -0.4 is 23.8 Å². The zero-order valence-corrected chi connectivity index (χ0v) is 18.1. The number of β-lactam (4-membered cyclic amide) rings is 1. The van der Waals surface area contributed by atoms with E-state index < -0.39 is 12.1 Å². The van der Waals surface area contributed by atoms with Gasteiger partial charge in [0.1, 0.15) is 17.5 Å². The van der Waals surface area contributed by atoms with Gasteiger partial charge < -0.3 is 18.9 Å². The number of nitrogens with zero attached hydrogens (tertiary/aromatic N) is 1. The van der Waals surface area contributed by atoms with E-state index in [2.05, 4.69) is 0 Å². The fraction of sp³-hybridized carbons (Fsp3) is 0.208. The van der Waals surface area contributed by atoms with E-state index in [1.807, 2.05) is 36.4 Å². The Morgan fingerprint density at radius 3 is 2.13 bits per heavy atom. The Bertz CT molecular complexity index is 1090. The molecule has 0 aliphatic carbocycles. The van der Waals surface area contributed by atoms with Crippen LogP contribution in [0.3, 0.4) is 0 Å². The van der Waals surface area contributed by atoms with E-state index in [1.54, 1.807) is 56.6 Å². The average Bonchev–Trinajstić information content (AvgIpc) is 2.81. The number of hydrogen-bond acceptors (Lipinski definition) is 5. The summed E-state index contributed by atoms with van der Waals surface area (Å²) in [7, 11) is 4.75. The Labute approximate surface area is 185 Å². The molecule has 1 aliphatic rings. The van der Waals surface area contributed by atoms with Crippen molar-refractivity contribution >= 4 is 23.2 Å². The first kappa shape index (κ1) is 20.9. The minimum Gasteiger partial charge on any atom is -0.497 e. The fourth-order valence-corrected chi connectivity index (χ4v) is 3.88. The number of rotatable bonds is 7. The summed E-state index contributed by atoms with van der Waals surface area (Å²) < 4.78 is 22.1. The van der Waals surface area contributed by atoms with Crippen molar-refractivity contribution in [1.29, 1.82) is 0 Å². The molecule has 0 radical (unpaired) electrons. The molecule has 160 valence electrons. The second-order valence-electron chi connectivity index (χ2n) is 6.93. The number of ether oxygens (including phenoxy) is 4. The molecule has 7 heteroatoms. The van der Waals surface area contributed by atoms with E-state index >= 15 is 0 Å². The van der Waals surface area contributed by atoms with Crippen molar-refractivity contribution in [2.75, 3.05) is 26.2 Å². The van der Waals surface area contributed by atoms with Crippen LogP contribution in [0, 0.1) is 0 Å². The second-order valence-corrected chi connectivity index (χ2v) is 7.34. The number of halogens is 1.